The van der Waals surface area contributed by atoms with Crippen LogP contribution in [-0.2, 0) is 40.0 Å². The molecule has 2 aromatic rings. The second kappa shape index (κ2) is 6.87. The molecule has 0 spiro atoms. The highest BCUT2D eigenvalue weighted by molar-refractivity contribution is 7.10. The summed E-state index contributed by atoms with van der Waals surface area (Å²) >= 11 is 1.65. The van der Waals surface area contributed by atoms with Crippen molar-refractivity contribution in [2.45, 2.75) is 25.7 Å². The first-order valence-corrected chi connectivity index (χ1v) is 8.30. The van der Waals surface area contributed by atoms with Crippen molar-refractivity contribution >= 4 is 23.2 Å². The van der Waals surface area contributed by atoms with E-state index in [-0.39, 0.29) is 5.91 Å². The minimum Gasteiger partial charge on any atom is -0.454 e. The maximum atomic E-state index is 12.4. The normalized spacial score (nSPS) is 14.3. The van der Waals surface area contributed by atoms with Gasteiger partial charge in [-0.25, -0.2) is 0 Å². The number of thiophene rings is 1. The number of esters is 1. The Kier molecular flexibility index (Phi) is 4.80. The molecule has 6 nitrogen and oxygen atoms in total. The van der Waals surface area contributed by atoms with Gasteiger partial charge >= 0.3 is 12.1 Å². The highest BCUT2D eigenvalue weighted by Gasteiger charge is 2.33. The topological polar surface area (TPSA) is 64.4 Å². The van der Waals surface area contributed by atoms with E-state index in [0.717, 1.165) is 28.9 Å². The van der Waals surface area contributed by atoms with Crippen molar-refractivity contribution in [3.63, 3.8) is 0 Å². The third-order valence-electron chi connectivity index (χ3n) is 3.74. The Labute approximate surface area is 144 Å². The summed E-state index contributed by atoms with van der Waals surface area (Å²) in [7, 11) is 0. The summed E-state index contributed by atoms with van der Waals surface area (Å²) in [4.78, 5) is 26.6. The fourth-order valence-electron chi connectivity index (χ4n) is 2.47. The van der Waals surface area contributed by atoms with E-state index in [4.69, 9.17) is 4.74 Å². The molecule has 1 aliphatic heterocycles. The fourth-order valence-corrected chi connectivity index (χ4v) is 3.36. The van der Waals surface area contributed by atoms with Gasteiger partial charge < -0.3 is 9.64 Å². The van der Waals surface area contributed by atoms with Crippen molar-refractivity contribution in [3.8, 4) is 0 Å². The summed E-state index contributed by atoms with van der Waals surface area (Å²) in [6.45, 7) is 0.102. The van der Waals surface area contributed by atoms with Crippen LogP contribution in [0.25, 0.3) is 0 Å². The summed E-state index contributed by atoms with van der Waals surface area (Å²) in [5.41, 5.74) is 0.00316. The number of hydrogen-bond donors (Lipinski definition) is 0. The van der Waals surface area contributed by atoms with E-state index in [0.29, 0.717) is 13.1 Å². The second-order valence-electron chi connectivity index (χ2n) is 5.49. The Balaban J connectivity index is 1.48. The van der Waals surface area contributed by atoms with Gasteiger partial charge in [0.05, 0.1) is 0 Å². The van der Waals surface area contributed by atoms with Crippen LogP contribution in [-0.4, -0.2) is 39.7 Å². The van der Waals surface area contributed by atoms with Gasteiger partial charge in [0.25, 0.3) is 5.91 Å². The summed E-state index contributed by atoms with van der Waals surface area (Å²) in [5, 5.41) is 5.22. The monoisotopic (exact) mass is 373 g/mol. The Morgan fingerprint density at radius 1 is 1.32 bits per heavy atom. The summed E-state index contributed by atoms with van der Waals surface area (Å²) in [5.74, 6) is -1.15. The molecule has 0 unspecified atom stereocenters. The van der Waals surface area contributed by atoms with Gasteiger partial charge in [0, 0.05) is 24.2 Å². The number of alkyl halides is 3. The van der Waals surface area contributed by atoms with Gasteiger partial charge in [0.1, 0.15) is 6.54 Å². The lowest BCUT2D eigenvalue weighted by molar-refractivity contribution is -0.153. The third-order valence-corrected chi connectivity index (χ3v) is 4.76. The molecule has 0 fully saturated rings. The van der Waals surface area contributed by atoms with Crippen LogP contribution in [0.15, 0.2) is 23.7 Å². The van der Waals surface area contributed by atoms with Gasteiger partial charge in [-0.1, -0.05) is 0 Å². The van der Waals surface area contributed by atoms with Crippen molar-refractivity contribution < 1.29 is 27.5 Å². The number of rotatable bonds is 4. The van der Waals surface area contributed by atoms with E-state index in [2.05, 4.69) is 5.10 Å². The highest BCUT2D eigenvalue weighted by atomic mass is 32.1. The molecule has 2 aromatic heterocycles. The zero-order chi connectivity index (χ0) is 18.0. The van der Waals surface area contributed by atoms with Crippen LogP contribution >= 0.6 is 11.3 Å². The minimum atomic E-state index is -4.57. The number of aromatic nitrogens is 2. The quantitative estimate of drug-likeness (QED) is 0.770. The smallest absolute Gasteiger partial charge is 0.435 e. The molecule has 134 valence electrons. The largest absolute Gasteiger partial charge is 0.454 e. The molecule has 0 N–H and O–H groups in total. The van der Waals surface area contributed by atoms with Crippen molar-refractivity contribution in [2.75, 3.05) is 13.2 Å². The number of carbonyl (C=O) groups is 2. The number of hydrogen-bond acceptors (Lipinski definition) is 5. The lowest BCUT2D eigenvalue weighted by Gasteiger charge is -2.26. The first-order chi connectivity index (χ1) is 11.8. The number of amides is 1. The number of halogens is 3. The van der Waals surface area contributed by atoms with Gasteiger partial charge in [-0.2, -0.15) is 18.3 Å². The third kappa shape index (κ3) is 4.19. The first kappa shape index (κ1) is 17.5. The number of fused-ring (bicyclic) bond motifs is 1. The SMILES string of the molecule is O=C(Cn1ccc(C(F)(F)F)n1)OCC(=O)N1CCc2sccc2C1. The van der Waals surface area contributed by atoms with E-state index in [9.17, 15) is 22.8 Å². The number of carbonyl (C=O) groups excluding carboxylic acids is 2. The van der Waals surface area contributed by atoms with Gasteiger partial charge in [0.2, 0.25) is 0 Å². The molecule has 0 saturated carbocycles. The van der Waals surface area contributed by atoms with Crippen LogP contribution in [0.2, 0.25) is 0 Å². The molecule has 0 radical (unpaired) electrons. The highest BCUT2D eigenvalue weighted by Crippen LogP contribution is 2.27. The number of ether oxygens (including phenoxy) is 1. The minimum absolute atomic E-state index is 0.332. The van der Waals surface area contributed by atoms with Crippen molar-refractivity contribution in [1.82, 2.24) is 14.7 Å². The average Bonchev–Trinajstić information content (AvgIpc) is 3.20. The molecule has 3 rings (SSSR count). The Morgan fingerprint density at radius 3 is 2.84 bits per heavy atom. The zero-order valence-electron chi connectivity index (χ0n) is 13.0. The second-order valence-corrected chi connectivity index (χ2v) is 6.49. The van der Waals surface area contributed by atoms with E-state index in [1.807, 2.05) is 11.4 Å². The molecule has 0 bridgehead atoms. The summed E-state index contributed by atoms with van der Waals surface area (Å²) in [6.07, 6.45) is -2.77. The fraction of sp³-hybridized carbons (Fsp3) is 0.400. The van der Waals surface area contributed by atoms with Gasteiger partial charge in [-0.15, -0.1) is 11.3 Å². The molecule has 25 heavy (non-hydrogen) atoms. The standard InChI is InChI=1S/C15H14F3N3O3S/c16-15(17,18)12-2-5-21(19-12)8-14(23)24-9-13(22)20-4-1-11-10(7-20)3-6-25-11/h2-3,5-6H,1,4,7-9H2. The lowest BCUT2D eigenvalue weighted by atomic mass is 10.1. The predicted molar refractivity (Wildman–Crippen MR) is 81.6 cm³/mol. The summed E-state index contributed by atoms with van der Waals surface area (Å²) in [6, 6.07) is 2.73. The molecule has 0 atom stereocenters. The lowest BCUT2D eigenvalue weighted by Crippen LogP contribution is -2.38. The van der Waals surface area contributed by atoms with Crippen LogP contribution in [0.5, 0.6) is 0 Å². The average molecular weight is 373 g/mol. The van der Waals surface area contributed by atoms with E-state index in [1.54, 1.807) is 16.2 Å². The van der Waals surface area contributed by atoms with Crippen molar-refractivity contribution in [1.29, 1.82) is 0 Å². The molecule has 10 heteroatoms. The molecule has 1 amide bonds. The van der Waals surface area contributed by atoms with Crippen LogP contribution in [0.4, 0.5) is 13.2 Å². The summed E-state index contributed by atoms with van der Waals surface area (Å²) < 4.78 is 43.0. The Bertz CT molecular complexity index is 784. The van der Waals surface area contributed by atoms with E-state index in [1.165, 1.54) is 4.88 Å². The van der Waals surface area contributed by atoms with Crippen LogP contribution in [0.1, 0.15) is 16.1 Å². The molecular formula is C15H14F3N3O3S. The molecule has 3 heterocycles. The van der Waals surface area contributed by atoms with E-state index < -0.39 is 31.0 Å². The number of nitrogens with zero attached hydrogens (tertiary/aromatic N) is 3. The van der Waals surface area contributed by atoms with Gasteiger partial charge in [-0.05, 0) is 29.5 Å². The maximum Gasteiger partial charge on any atom is 0.435 e. The molecule has 0 aliphatic carbocycles. The Hall–Kier alpha value is -2.36. The van der Waals surface area contributed by atoms with Crippen LogP contribution in [0.3, 0.4) is 0 Å². The first-order valence-electron chi connectivity index (χ1n) is 7.42. The Morgan fingerprint density at radius 2 is 2.12 bits per heavy atom. The zero-order valence-corrected chi connectivity index (χ0v) is 13.8. The predicted octanol–water partition coefficient (Wildman–Crippen LogP) is 2.09. The molecular weight excluding hydrogens is 359 g/mol. The van der Waals surface area contributed by atoms with E-state index >= 15 is 0 Å². The molecule has 1 aliphatic rings. The van der Waals surface area contributed by atoms with Crippen molar-refractivity contribution in [3.05, 3.63) is 39.8 Å². The van der Waals surface area contributed by atoms with Gasteiger partial charge in [-0.3, -0.25) is 14.3 Å². The molecule has 0 aromatic carbocycles. The van der Waals surface area contributed by atoms with Gasteiger partial charge in [0.15, 0.2) is 12.3 Å². The van der Waals surface area contributed by atoms with Crippen LogP contribution < -0.4 is 0 Å². The van der Waals surface area contributed by atoms with Crippen molar-refractivity contribution in [2.24, 2.45) is 0 Å². The molecule has 0 saturated heterocycles. The maximum absolute atomic E-state index is 12.4. The van der Waals surface area contributed by atoms with Crippen LogP contribution in [0, 0.1) is 0 Å².